The average molecular weight is 390 g/mol. The van der Waals surface area contributed by atoms with E-state index in [0.29, 0.717) is 37.2 Å². The molecule has 29 heavy (non-hydrogen) atoms. The van der Waals surface area contributed by atoms with Crippen LogP contribution in [-0.2, 0) is 11.2 Å². The molecule has 8 heteroatoms. The van der Waals surface area contributed by atoms with Crippen molar-refractivity contribution in [1.82, 2.24) is 20.2 Å². The first-order valence-corrected chi connectivity index (χ1v) is 9.91. The highest BCUT2D eigenvalue weighted by molar-refractivity contribution is 6.05. The molecule has 2 aromatic heterocycles. The fourth-order valence-electron chi connectivity index (χ4n) is 3.78. The summed E-state index contributed by atoms with van der Waals surface area (Å²) in [6.45, 7) is 3.48. The number of nitrogens with one attached hydrogen (secondary N) is 1. The van der Waals surface area contributed by atoms with E-state index in [0.717, 1.165) is 42.8 Å². The van der Waals surface area contributed by atoms with Gasteiger partial charge in [0.15, 0.2) is 0 Å². The predicted octanol–water partition coefficient (Wildman–Crippen LogP) is 2.30. The number of amides is 1. The van der Waals surface area contributed by atoms with E-state index in [-0.39, 0.29) is 5.91 Å². The van der Waals surface area contributed by atoms with Gasteiger partial charge in [0.05, 0.1) is 18.9 Å². The summed E-state index contributed by atoms with van der Waals surface area (Å²) < 4.78 is 5.42. The molecule has 1 fully saturated rings. The molecule has 2 aliphatic rings. The predicted molar refractivity (Wildman–Crippen MR) is 109 cm³/mol. The minimum Gasteiger partial charge on any atom is -0.378 e. The number of rotatable bonds is 3. The van der Waals surface area contributed by atoms with Crippen LogP contribution in [0.1, 0.15) is 22.5 Å². The highest BCUT2D eigenvalue weighted by Gasteiger charge is 2.28. The van der Waals surface area contributed by atoms with E-state index in [1.54, 1.807) is 11.0 Å². The molecule has 8 nitrogen and oxygen atoms in total. The van der Waals surface area contributed by atoms with E-state index in [1.807, 2.05) is 36.5 Å². The van der Waals surface area contributed by atoms with Crippen LogP contribution in [0.2, 0.25) is 0 Å². The fraction of sp³-hybridized carbons (Fsp3) is 0.333. The number of hydrogen-bond acceptors (Lipinski definition) is 6. The van der Waals surface area contributed by atoms with Crippen LogP contribution in [0.5, 0.6) is 0 Å². The van der Waals surface area contributed by atoms with Gasteiger partial charge in [0.1, 0.15) is 11.5 Å². The van der Waals surface area contributed by atoms with Gasteiger partial charge in [-0.05, 0) is 18.9 Å². The van der Waals surface area contributed by atoms with Crippen LogP contribution in [0.3, 0.4) is 0 Å². The number of aryl methyl sites for hydroxylation is 1. The molecule has 0 radical (unpaired) electrons. The van der Waals surface area contributed by atoms with Gasteiger partial charge >= 0.3 is 0 Å². The molecule has 1 saturated heterocycles. The molecule has 0 bridgehead atoms. The molecule has 0 spiro atoms. The minimum absolute atomic E-state index is 0.118. The maximum absolute atomic E-state index is 13.3. The van der Waals surface area contributed by atoms with Crippen LogP contribution in [0.15, 0.2) is 42.6 Å². The van der Waals surface area contributed by atoms with Crippen molar-refractivity contribution < 1.29 is 9.53 Å². The van der Waals surface area contributed by atoms with Crippen molar-refractivity contribution in [3.63, 3.8) is 0 Å². The summed E-state index contributed by atoms with van der Waals surface area (Å²) in [5.41, 5.74) is 3.19. The first-order chi connectivity index (χ1) is 14.3. The van der Waals surface area contributed by atoms with Crippen LogP contribution in [0.25, 0.3) is 11.3 Å². The van der Waals surface area contributed by atoms with E-state index >= 15 is 0 Å². The van der Waals surface area contributed by atoms with Crippen molar-refractivity contribution in [1.29, 1.82) is 0 Å². The quantitative estimate of drug-likeness (QED) is 0.738. The van der Waals surface area contributed by atoms with Gasteiger partial charge in [0, 0.05) is 37.0 Å². The Hall–Kier alpha value is -3.26. The number of morpholine rings is 1. The molecule has 3 aromatic rings. The van der Waals surface area contributed by atoms with Gasteiger partial charge < -0.3 is 9.64 Å². The second-order valence-corrected chi connectivity index (χ2v) is 7.21. The summed E-state index contributed by atoms with van der Waals surface area (Å²) >= 11 is 0. The lowest BCUT2D eigenvalue weighted by Gasteiger charge is -2.31. The second kappa shape index (κ2) is 7.63. The molecule has 4 heterocycles. The van der Waals surface area contributed by atoms with E-state index in [4.69, 9.17) is 9.72 Å². The largest absolute Gasteiger partial charge is 0.378 e. The molecule has 0 atom stereocenters. The standard InChI is InChI=1S/C21H22N6O2/c28-20(18-13-17(24-25-18)15-5-2-1-3-6-15)27-8-4-7-16-14-22-21(23-19(16)27)26-9-11-29-12-10-26/h1-3,5-6,13-14H,4,7-12H2,(H,24,25). The highest BCUT2D eigenvalue weighted by atomic mass is 16.5. The molecule has 1 aromatic carbocycles. The second-order valence-electron chi connectivity index (χ2n) is 7.21. The van der Waals surface area contributed by atoms with Crippen molar-refractivity contribution >= 4 is 17.7 Å². The number of aromatic amines is 1. The Morgan fingerprint density at radius 1 is 1.10 bits per heavy atom. The number of nitrogens with zero attached hydrogens (tertiary/aromatic N) is 5. The Bertz CT molecular complexity index is 1010. The molecule has 0 saturated carbocycles. The number of carbonyl (C=O) groups is 1. The number of benzene rings is 1. The van der Waals surface area contributed by atoms with Gasteiger partial charge in [0.25, 0.3) is 5.91 Å². The lowest BCUT2D eigenvalue weighted by molar-refractivity contribution is 0.0979. The molecule has 1 N–H and O–H groups in total. The summed E-state index contributed by atoms with van der Waals surface area (Å²) in [4.78, 5) is 26.4. The molecule has 1 amide bonds. The Morgan fingerprint density at radius 2 is 1.93 bits per heavy atom. The van der Waals surface area contributed by atoms with E-state index in [9.17, 15) is 4.79 Å². The lowest BCUT2D eigenvalue weighted by Crippen LogP contribution is -2.39. The third kappa shape index (κ3) is 3.47. The molecule has 0 unspecified atom stereocenters. The molecular weight excluding hydrogens is 368 g/mol. The van der Waals surface area contributed by atoms with E-state index in [2.05, 4.69) is 20.1 Å². The number of H-pyrrole nitrogens is 1. The van der Waals surface area contributed by atoms with Crippen molar-refractivity contribution in [3.05, 3.63) is 53.9 Å². The summed E-state index contributed by atoms with van der Waals surface area (Å²) in [7, 11) is 0. The highest BCUT2D eigenvalue weighted by Crippen LogP contribution is 2.28. The number of carbonyl (C=O) groups excluding carboxylic acids is 1. The Morgan fingerprint density at radius 3 is 2.76 bits per heavy atom. The maximum atomic E-state index is 13.3. The van der Waals surface area contributed by atoms with Crippen LogP contribution in [0, 0.1) is 0 Å². The van der Waals surface area contributed by atoms with E-state index < -0.39 is 0 Å². The van der Waals surface area contributed by atoms with Crippen molar-refractivity contribution in [3.8, 4) is 11.3 Å². The minimum atomic E-state index is -0.118. The third-order valence-electron chi connectivity index (χ3n) is 5.33. The lowest BCUT2D eigenvalue weighted by atomic mass is 10.1. The monoisotopic (exact) mass is 390 g/mol. The Balaban J connectivity index is 1.44. The van der Waals surface area contributed by atoms with Crippen LogP contribution >= 0.6 is 0 Å². The van der Waals surface area contributed by atoms with Crippen molar-refractivity contribution in [2.75, 3.05) is 42.6 Å². The van der Waals surface area contributed by atoms with Gasteiger partial charge in [-0.2, -0.15) is 10.1 Å². The summed E-state index contributed by atoms with van der Waals surface area (Å²) in [5, 5.41) is 7.22. The van der Waals surface area contributed by atoms with Crippen LogP contribution in [-0.4, -0.2) is 58.9 Å². The SMILES string of the molecule is O=C(c1cc(-c2ccccc2)n[nH]1)N1CCCc2cnc(N3CCOCC3)nc21. The van der Waals surface area contributed by atoms with Crippen molar-refractivity contribution in [2.45, 2.75) is 12.8 Å². The first-order valence-electron chi connectivity index (χ1n) is 9.91. The van der Waals surface area contributed by atoms with Crippen LogP contribution in [0.4, 0.5) is 11.8 Å². The third-order valence-corrected chi connectivity index (χ3v) is 5.33. The van der Waals surface area contributed by atoms with Gasteiger partial charge in [-0.15, -0.1) is 0 Å². The smallest absolute Gasteiger partial charge is 0.277 e. The summed E-state index contributed by atoms with van der Waals surface area (Å²) in [6.07, 6.45) is 3.62. The normalized spacial score (nSPS) is 16.6. The van der Waals surface area contributed by atoms with Gasteiger partial charge in [0.2, 0.25) is 5.95 Å². The maximum Gasteiger partial charge on any atom is 0.277 e. The average Bonchev–Trinajstić information content (AvgIpc) is 3.29. The van der Waals surface area contributed by atoms with Crippen LogP contribution < -0.4 is 9.80 Å². The first kappa shape index (κ1) is 17.8. The number of hydrogen-bond donors (Lipinski definition) is 1. The van der Waals surface area contributed by atoms with Gasteiger partial charge in [-0.3, -0.25) is 14.8 Å². The number of fused-ring (bicyclic) bond motifs is 1. The zero-order valence-electron chi connectivity index (χ0n) is 16.0. The number of aromatic nitrogens is 4. The molecular formula is C21H22N6O2. The topological polar surface area (TPSA) is 87.2 Å². The summed E-state index contributed by atoms with van der Waals surface area (Å²) in [5.74, 6) is 1.24. The van der Waals surface area contributed by atoms with Gasteiger partial charge in [-0.25, -0.2) is 4.98 Å². The van der Waals surface area contributed by atoms with Crippen molar-refractivity contribution in [2.24, 2.45) is 0 Å². The van der Waals surface area contributed by atoms with E-state index in [1.165, 1.54) is 0 Å². The van der Waals surface area contributed by atoms with Gasteiger partial charge in [-0.1, -0.05) is 30.3 Å². The zero-order chi connectivity index (χ0) is 19.6. The molecule has 5 rings (SSSR count). The Kier molecular flexibility index (Phi) is 4.69. The Labute approximate surface area is 168 Å². The fourth-order valence-corrected chi connectivity index (χ4v) is 3.78. The number of ether oxygens (including phenoxy) is 1. The zero-order valence-corrected chi connectivity index (χ0v) is 16.0. The molecule has 148 valence electrons. The molecule has 0 aliphatic carbocycles. The molecule has 2 aliphatic heterocycles. The number of anilines is 2. The summed E-state index contributed by atoms with van der Waals surface area (Å²) in [6, 6.07) is 11.6.